The van der Waals surface area contributed by atoms with Gasteiger partial charge in [0.1, 0.15) is 11.6 Å². The highest BCUT2D eigenvalue weighted by Gasteiger charge is 2.45. The Morgan fingerprint density at radius 1 is 0.981 bits per heavy atom. The minimum Gasteiger partial charge on any atom is -0.369 e. The number of fused-ring (bicyclic) bond motifs is 1. The second-order valence-corrected chi connectivity index (χ2v) is 13.6. The zero-order chi connectivity index (χ0) is 37.1. The van der Waals surface area contributed by atoms with Crippen LogP contribution in [-0.2, 0) is 30.9 Å². The second kappa shape index (κ2) is 12.7. The monoisotopic (exact) mass is 715 g/mol. The Morgan fingerprint density at radius 3 is 2.42 bits per heavy atom. The lowest BCUT2D eigenvalue weighted by Crippen LogP contribution is -2.54. The van der Waals surface area contributed by atoms with Crippen LogP contribution >= 0.6 is 0 Å². The predicted octanol–water partition coefficient (Wildman–Crippen LogP) is 3.29. The molecule has 268 valence electrons. The number of hydrogen-bond acceptors (Lipinski definition) is 8. The van der Waals surface area contributed by atoms with Crippen molar-refractivity contribution in [3.63, 3.8) is 0 Å². The Morgan fingerprint density at radius 2 is 1.73 bits per heavy atom. The summed E-state index contributed by atoms with van der Waals surface area (Å²) < 4.78 is 41.9. The van der Waals surface area contributed by atoms with Crippen molar-refractivity contribution >= 4 is 52.5 Å². The summed E-state index contributed by atoms with van der Waals surface area (Å²) in [6.45, 7) is 4.52. The van der Waals surface area contributed by atoms with Crippen LogP contribution in [0.15, 0.2) is 48.8 Å². The molecule has 4 aliphatic rings. The van der Waals surface area contributed by atoms with Crippen molar-refractivity contribution in [2.24, 2.45) is 5.92 Å². The van der Waals surface area contributed by atoms with Crippen LogP contribution in [0.4, 0.5) is 30.2 Å². The molecule has 0 spiro atoms. The van der Waals surface area contributed by atoms with Crippen LogP contribution in [0.3, 0.4) is 0 Å². The van der Waals surface area contributed by atoms with E-state index in [1.165, 1.54) is 15.8 Å². The molecule has 0 radical (unpaired) electrons. The van der Waals surface area contributed by atoms with E-state index < -0.39 is 52.9 Å². The first-order valence-electron chi connectivity index (χ1n) is 16.6. The molecule has 5 heterocycles. The van der Waals surface area contributed by atoms with E-state index >= 15 is 0 Å². The van der Waals surface area contributed by atoms with Crippen molar-refractivity contribution in [1.82, 2.24) is 20.0 Å². The Hall–Kier alpha value is -5.98. The molecular weight excluding hydrogens is 683 g/mol. The number of amides is 6. The first kappa shape index (κ1) is 34.5. The molecule has 16 heteroatoms. The maximum atomic E-state index is 13.5. The summed E-state index contributed by atoms with van der Waals surface area (Å²) in [5, 5.41) is 9.19. The standard InChI is InChI=1S/C36H32F3N7O6/c1-35(2,34(52)41-26-10-7-22(36(37,38)39)14-28(26)44-13-3-4-30(44)48)45-19-20(16-40-45)5-6-21-17-43(18-21)23-8-9-24-25(15-23)33(51)46(32(24)50)27-11-12-29(47)42-31(27)49/h7-10,14-16,19,21,27H,3-4,11-13,17-18H2,1-2H3,(H,41,52)(H,42,47,49). The zero-order valence-corrected chi connectivity index (χ0v) is 28.0. The number of imide groups is 2. The topological polar surface area (TPSA) is 154 Å². The van der Waals surface area contributed by atoms with Crippen molar-refractivity contribution in [2.75, 3.05) is 34.8 Å². The van der Waals surface area contributed by atoms with Crippen molar-refractivity contribution in [3.05, 3.63) is 71.0 Å². The number of nitrogens with one attached hydrogen (secondary N) is 2. The summed E-state index contributed by atoms with van der Waals surface area (Å²) in [5.41, 5.74) is -0.512. The molecule has 4 aliphatic heterocycles. The Labute approximate surface area is 295 Å². The van der Waals surface area contributed by atoms with Crippen molar-refractivity contribution in [3.8, 4) is 11.8 Å². The van der Waals surface area contributed by atoms with Crippen LogP contribution in [-0.4, -0.2) is 75.8 Å². The summed E-state index contributed by atoms with van der Waals surface area (Å²) in [5.74, 6) is 3.06. The van der Waals surface area contributed by atoms with Gasteiger partial charge in [-0.2, -0.15) is 18.3 Å². The molecule has 2 N–H and O–H groups in total. The molecule has 3 fully saturated rings. The number of piperidine rings is 1. The SMILES string of the molecule is CC(C)(C(=O)Nc1ccc(C(F)(F)F)cc1N1CCCC1=O)n1cc(C#CC2CN(c3ccc4c(c3)C(=O)N(C3CCC(=O)NC3=O)C4=O)C2)cn1. The van der Waals surface area contributed by atoms with Crippen molar-refractivity contribution < 1.29 is 41.9 Å². The molecule has 0 aliphatic carbocycles. The van der Waals surface area contributed by atoms with E-state index in [9.17, 15) is 41.9 Å². The molecule has 2 aromatic carbocycles. The lowest BCUT2D eigenvalue weighted by Gasteiger charge is -2.38. The van der Waals surface area contributed by atoms with E-state index in [1.807, 2.05) is 4.90 Å². The molecular formula is C36H32F3N7O6. The van der Waals surface area contributed by atoms with E-state index in [0.717, 1.165) is 23.1 Å². The lowest BCUT2D eigenvalue weighted by atomic mass is 9.98. The number of rotatable bonds is 6. The van der Waals surface area contributed by atoms with Crippen LogP contribution in [0.1, 0.15) is 71.4 Å². The third-order valence-electron chi connectivity index (χ3n) is 9.74. The van der Waals surface area contributed by atoms with Crippen LogP contribution in [0, 0.1) is 17.8 Å². The fraction of sp³-hybridized carbons (Fsp3) is 0.361. The molecule has 1 aromatic heterocycles. The van der Waals surface area contributed by atoms with E-state index in [-0.39, 0.29) is 60.1 Å². The van der Waals surface area contributed by atoms with E-state index in [1.54, 1.807) is 38.2 Å². The third kappa shape index (κ3) is 6.16. The molecule has 6 amide bonds. The van der Waals surface area contributed by atoms with Crippen LogP contribution in [0.25, 0.3) is 0 Å². The number of hydrogen-bond donors (Lipinski definition) is 2. The van der Waals surface area contributed by atoms with Gasteiger partial charge in [-0.25, -0.2) is 0 Å². The average Bonchev–Trinajstić information content (AvgIpc) is 3.79. The summed E-state index contributed by atoms with van der Waals surface area (Å²) in [4.78, 5) is 80.2. The van der Waals surface area contributed by atoms with Crippen LogP contribution < -0.4 is 20.4 Å². The molecule has 52 heavy (non-hydrogen) atoms. The van der Waals surface area contributed by atoms with Gasteiger partial charge in [0, 0.05) is 44.4 Å². The molecule has 13 nitrogen and oxygen atoms in total. The molecule has 3 aromatic rings. The number of carbonyl (C=O) groups excluding carboxylic acids is 6. The van der Waals surface area contributed by atoms with Gasteiger partial charge >= 0.3 is 6.18 Å². The highest BCUT2D eigenvalue weighted by molar-refractivity contribution is 6.23. The highest BCUT2D eigenvalue weighted by Crippen LogP contribution is 2.38. The van der Waals surface area contributed by atoms with E-state index in [2.05, 4.69) is 27.6 Å². The largest absolute Gasteiger partial charge is 0.416 e. The number of halogens is 3. The molecule has 0 saturated carbocycles. The van der Waals surface area contributed by atoms with Gasteiger partial charge in [0.25, 0.3) is 17.7 Å². The number of benzene rings is 2. The van der Waals surface area contributed by atoms with Gasteiger partial charge in [-0.15, -0.1) is 0 Å². The fourth-order valence-electron chi connectivity index (χ4n) is 6.63. The van der Waals surface area contributed by atoms with Gasteiger partial charge in [0.2, 0.25) is 17.7 Å². The summed E-state index contributed by atoms with van der Waals surface area (Å²) in [7, 11) is 0. The molecule has 3 saturated heterocycles. The van der Waals surface area contributed by atoms with Gasteiger partial charge < -0.3 is 15.1 Å². The Balaban J connectivity index is 0.991. The molecule has 0 bridgehead atoms. The van der Waals surface area contributed by atoms with Crippen molar-refractivity contribution in [2.45, 2.75) is 57.3 Å². The summed E-state index contributed by atoms with van der Waals surface area (Å²) in [6.07, 6.45) is -0.722. The number of anilines is 3. The lowest BCUT2D eigenvalue weighted by molar-refractivity contribution is -0.138. The smallest absolute Gasteiger partial charge is 0.369 e. The maximum absolute atomic E-state index is 13.5. The molecule has 1 unspecified atom stereocenters. The summed E-state index contributed by atoms with van der Waals surface area (Å²) in [6, 6.07) is 6.76. The van der Waals surface area contributed by atoms with Gasteiger partial charge in [0.15, 0.2) is 0 Å². The number of alkyl halides is 3. The average molecular weight is 716 g/mol. The number of aromatic nitrogens is 2. The predicted molar refractivity (Wildman–Crippen MR) is 179 cm³/mol. The molecule has 1 atom stereocenters. The van der Waals surface area contributed by atoms with Crippen LogP contribution in [0.2, 0.25) is 0 Å². The maximum Gasteiger partial charge on any atom is 0.416 e. The third-order valence-corrected chi connectivity index (χ3v) is 9.74. The number of nitrogens with zero attached hydrogens (tertiary/aromatic N) is 5. The summed E-state index contributed by atoms with van der Waals surface area (Å²) >= 11 is 0. The second-order valence-electron chi connectivity index (χ2n) is 13.6. The normalized spacial score (nSPS) is 19.4. The Bertz CT molecular complexity index is 2120. The van der Waals surface area contributed by atoms with E-state index in [4.69, 9.17) is 0 Å². The van der Waals surface area contributed by atoms with Gasteiger partial charge in [0.05, 0.1) is 45.7 Å². The molecule has 7 rings (SSSR count). The van der Waals surface area contributed by atoms with Gasteiger partial charge in [-0.3, -0.25) is 43.7 Å². The minimum atomic E-state index is -4.63. The van der Waals surface area contributed by atoms with Crippen LogP contribution in [0.5, 0.6) is 0 Å². The first-order valence-corrected chi connectivity index (χ1v) is 16.6. The van der Waals surface area contributed by atoms with Crippen molar-refractivity contribution in [1.29, 1.82) is 0 Å². The first-order chi connectivity index (χ1) is 24.6. The fourth-order valence-corrected chi connectivity index (χ4v) is 6.63. The zero-order valence-electron chi connectivity index (χ0n) is 28.0. The van der Waals surface area contributed by atoms with E-state index in [0.29, 0.717) is 30.8 Å². The quantitative estimate of drug-likeness (QED) is 0.291. The highest BCUT2D eigenvalue weighted by atomic mass is 19.4. The van der Waals surface area contributed by atoms with Gasteiger partial charge in [-0.1, -0.05) is 11.8 Å². The van der Waals surface area contributed by atoms with Gasteiger partial charge in [-0.05, 0) is 63.1 Å². The minimum absolute atomic E-state index is 0.0165. The number of carbonyl (C=O) groups is 6. The Kier molecular flexibility index (Phi) is 8.39.